The number of benzene rings is 1. The second-order valence-electron chi connectivity index (χ2n) is 4.94. The Kier molecular flexibility index (Phi) is 3.67. The zero-order valence-electron chi connectivity index (χ0n) is 11.5. The van der Waals surface area contributed by atoms with E-state index in [4.69, 9.17) is 4.74 Å². The first-order valence-electron chi connectivity index (χ1n) is 6.77. The molecule has 0 bridgehead atoms. The number of rotatable bonds is 5. The van der Waals surface area contributed by atoms with E-state index in [1.54, 1.807) is 0 Å². The lowest BCUT2D eigenvalue weighted by Crippen LogP contribution is -2.28. The number of ether oxygens (including phenoxy) is 1. The van der Waals surface area contributed by atoms with Crippen LogP contribution >= 0.6 is 15.9 Å². The molecule has 1 fully saturated rings. The van der Waals surface area contributed by atoms with E-state index in [0.717, 1.165) is 22.9 Å². The summed E-state index contributed by atoms with van der Waals surface area (Å²) in [6, 6.07) is 8.08. The third kappa shape index (κ3) is 2.78. The van der Waals surface area contributed by atoms with Gasteiger partial charge in [-0.05, 0) is 37.5 Å². The van der Waals surface area contributed by atoms with Crippen molar-refractivity contribution in [3.05, 3.63) is 34.3 Å². The third-order valence-corrected chi connectivity index (χ3v) is 4.08. The van der Waals surface area contributed by atoms with Crippen molar-refractivity contribution in [2.75, 3.05) is 11.9 Å². The summed E-state index contributed by atoms with van der Waals surface area (Å²) < 4.78 is 6.16. The minimum absolute atomic E-state index is 0.0657. The van der Waals surface area contributed by atoms with Crippen molar-refractivity contribution < 1.29 is 9.53 Å². The first-order valence-corrected chi connectivity index (χ1v) is 7.56. The summed E-state index contributed by atoms with van der Waals surface area (Å²) in [5.41, 5.74) is 0.576. The number of anilines is 1. The molecule has 2 aromatic rings. The Labute approximate surface area is 130 Å². The van der Waals surface area contributed by atoms with E-state index >= 15 is 0 Å². The summed E-state index contributed by atoms with van der Waals surface area (Å²) >= 11 is 3.40. The molecule has 0 aliphatic heterocycles. The van der Waals surface area contributed by atoms with Crippen molar-refractivity contribution in [1.82, 2.24) is 15.2 Å². The average molecular weight is 351 g/mol. The third-order valence-electron chi connectivity index (χ3n) is 3.55. The Morgan fingerprint density at radius 1 is 1.43 bits per heavy atom. The fourth-order valence-corrected chi connectivity index (χ4v) is 2.53. The number of hydrogen-bond donors (Lipinski definition) is 2. The lowest BCUT2D eigenvalue weighted by Gasteiger charge is -2.14. The molecule has 0 spiro atoms. The van der Waals surface area contributed by atoms with Gasteiger partial charge in [0.05, 0.1) is 12.0 Å². The topological polar surface area (TPSA) is 79.9 Å². The molecule has 1 saturated carbocycles. The number of amides is 1. The number of nitrogens with one attached hydrogen (secondary N) is 2. The van der Waals surface area contributed by atoms with Crippen LogP contribution in [0.5, 0.6) is 6.01 Å². The zero-order chi connectivity index (χ0) is 14.9. The van der Waals surface area contributed by atoms with Crippen LogP contribution in [0.15, 0.2) is 28.7 Å². The smallest absolute Gasteiger partial charge is 0.337 e. The summed E-state index contributed by atoms with van der Waals surface area (Å²) in [5.74, 6) is 0.246. The Hall–Kier alpha value is -1.89. The molecule has 110 valence electrons. The molecule has 1 aliphatic rings. The highest BCUT2D eigenvalue weighted by atomic mass is 79.9. The van der Waals surface area contributed by atoms with Crippen LogP contribution in [0.4, 0.5) is 5.95 Å². The highest BCUT2D eigenvalue weighted by Crippen LogP contribution is 2.49. The number of carbonyl (C=O) groups is 1. The minimum atomic E-state index is -0.445. The van der Waals surface area contributed by atoms with Gasteiger partial charge in [0.15, 0.2) is 0 Å². The number of hydrogen-bond acceptors (Lipinski definition) is 4. The minimum Gasteiger partial charge on any atom is -0.463 e. The molecule has 1 heterocycles. The number of carbonyl (C=O) groups excluding carboxylic acids is 1. The maximum absolute atomic E-state index is 12.5. The van der Waals surface area contributed by atoms with E-state index in [9.17, 15) is 4.79 Å². The van der Waals surface area contributed by atoms with Crippen LogP contribution in [-0.4, -0.2) is 27.7 Å². The molecule has 3 rings (SSSR count). The number of halogens is 1. The van der Waals surface area contributed by atoms with Crippen molar-refractivity contribution in [2.45, 2.75) is 25.2 Å². The van der Waals surface area contributed by atoms with Crippen LogP contribution in [-0.2, 0) is 10.2 Å². The predicted molar refractivity (Wildman–Crippen MR) is 81.2 cm³/mol. The molecule has 21 heavy (non-hydrogen) atoms. The van der Waals surface area contributed by atoms with E-state index in [1.165, 1.54) is 0 Å². The summed E-state index contributed by atoms with van der Waals surface area (Å²) in [4.78, 5) is 16.6. The molecule has 1 aromatic carbocycles. The first kappa shape index (κ1) is 14.1. The summed E-state index contributed by atoms with van der Waals surface area (Å²) in [5, 5.41) is 9.30. The fraction of sp³-hybridized carbons (Fsp3) is 0.357. The van der Waals surface area contributed by atoms with Crippen LogP contribution in [0, 0.1) is 0 Å². The monoisotopic (exact) mass is 350 g/mol. The van der Waals surface area contributed by atoms with Gasteiger partial charge in [-0.3, -0.25) is 10.1 Å². The largest absolute Gasteiger partial charge is 0.463 e. The van der Waals surface area contributed by atoms with Crippen molar-refractivity contribution >= 4 is 27.8 Å². The molecular formula is C14H15BrN4O2. The first-order chi connectivity index (χ1) is 10.1. The van der Waals surface area contributed by atoms with E-state index in [2.05, 4.69) is 36.4 Å². The Bertz CT molecular complexity index is 649. The molecule has 1 amide bonds. The van der Waals surface area contributed by atoms with E-state index in [0.29, 0.717) is 12.6 Å². The predicted octanol–water partition coefficient (Wildman–Crippen LogP) is 2.64. The SMILES string of the molecule is CCOc1n[nH]c(NC(=O)C2(c3ccc(Br)cc3)CC2)n1. The lowest BCUT2D eigenvalue weighted by molar-refractivity contribution is -0.118. The van der Waals surface area contributed by atoms with Crippen LogP contribution in [0.1, 0.15) is 25.3 Å². The van der Waals surface area contributed by atoms with Gasteiger partial charge in [0.2, 0.25) is 11.9 Å². The van der Waals surface area contributed by atoms with Gasteiger partial charge < -0.3 is 4.74 Å². The molecule has 1 aliphatic carbocycles. The Morgan fingerprint density at radius 3 is 2.76 bits per heavy atom. The summed E-state index contributed by atoms with van der Waals surface area (Å²) in [7, 11) is 0. The van der Waals surface area contributed by atoms with Gasteiger partial charge in [0.1, 0.15) is 0 Å². The maximum atomic E-state index is 12.5. The van der Waals surface area contributed by atoms with Crippen LogP contribution < -0.4 is 10.1 Å². The van der Waals surface area contributed by atoms with Crippen LogP contribution in [0.2, 0.25) is 0 Å². The molecular weight excluding hydrogens is 336 g/mol. The van der Waals surface area contributed by atoms with Crippen LogP contribution in [0.3, 0.4) is 0 Å². The van der Waals surface area contributed by atoms with Gasteiger partial charge in [0, 0.05) is 4.47 Å². The van der Waals surface area contributed by atoms with Crippen molar-refractivity contribution in [2.24, 2.45) is 0 Å². The molecule has 1 aromatic heterocycles. The van der Waals surface area contributed by atoms with E-state index < -0.39 is 5.41 Å². The van der Waals surface area contributed by atoms with Crippen LogP contribution in [0.25, 0.3) is 0 Å². The van der Waals surface area contributed by atoms with Crippen molar-refractivity contribution in [1.29, 1.82) is 0 Å². The zero-order valence-corrected chi connectivity index (χ0v) is 13.1. The summed E-state index contributed by atoms with van der Waals surface area (Å²) in [6.45, 7) is 2.33. The average Bonchev–Trinajstić information content (AvgIpc) is 3.17. The Morgan fingerprint density at radius 2 is 2.14 bits per heavy atom. The number of aromatic nitrogens is 3. The van der Waals surface area contributed by atoms with E-state index in [1.807, 2.05) is 31.2 Å². The highest BCUT2D eigenvalue weighted by Gasteiger charge is 2.51. The standard InChI is InChI=1S/C14H15BrN4O2/c1-2-21-13-17-12(18-19-13)16-11(20)14(7-8-14)9-3-5-10(15)6-4-9/h3-6H,2,7-8H2,1H3,(H2,16,17,18,19,20). The lowest BCUT2D eigenvalue weighted by atomic mass is 9.95. The van der Waals surface area contributed by atoms with Gasteiger partial charge in [-0.2, -0.15) is 4.98 Å². The molecule has 6 nitrogen and oxygen atoms in total. The molecule has 0 radical (unpaired) electrons. The quantitative estimate of drug-likeness (QED) is 0.868. The molecule has 0 atom stereocenters. The second-order valence-corrected chi connectivity index (χ2v) is 5.86. The van der Waals surface area contributed by atoms with E-state index in [-0.39, 0.29) is 11.9 Å². The molecule has 7 heteroatoms. The number of H-pyrrole nitrogens is 1. The van der Waals surface area contributed by atoms with Gasteiger partial charge in [-0.25, -0.2) is 5.10 Å². The molecule has 2 N–H and O–H groups in total. The normalized spacial score (nSPS) is 15.5. The van der Waals surface area contributed by atoms with Gasteiger partial charge in [-0.1, -0.05) is 28.1 Å². The van der Waals surface area contributed by atoms with Gasteiger partial charge in [0.25, 0.3) is 0 Å². The fourth-order valence-electron chi connectivity index (χ4n) is 2.26. The second kappa shape index (κ2) is 5.48. The van der Waals surface area contributed by atoms with Gasteiger partial charge in [-0.15, -0.1) is 5.10 Å². The van der Waals surface area contributed by atoms with Gasteiger partial charge >= 0.3 is 6.01 Å². The summed E-state index contributed by atoms with van der Waals surface area (Å²) in [6.07, 6.45) is 1.68. The Balaban J connectivity index is 1.73. The highest BCUT2D eigenvalue weighted by molar-refractivity contribution is 9.10. The maximum Gasteiger partial charge on any atom is 0.337 e. The number of aromatic amines is 1. The molecule has 0 saturated heterocycles. The van der Waals surface area contributed by atoms with Crippen molar-refractivity contribution in [3.63, 3.8) is 0 Å². The van der Waals surface area contributed by atoms with Crippen molar-refractivity contribution in [3.8, 4) is 6.01 Å². The number of nitrogens with zero attached hydrogens (tertiary/aromatic N) is 2. The molecule has 0 unspecified atom stereocenters.